The first-order chi connectivity index (χ1) is 13.4. The second-order valence-corrected chi connectivity index (χ2v) is 7.17. The van der Waals surface area contributed by atoms with Gasteiger partial charge in [-0.15, -0.1) is 0 Å². The van der Waals surface area contributed by atoms with Gasteiger partial charge in [-0.1, -0.05) is 18.2 Å². The number of ether oxygens (including phenoxy) is 2. The highest BCUT2D eigenvalue weighted by molar-refractivity contribution is 14.1. The van der Waals surface area contributed by atoms with Gasteiger partial charge in [0, 0.05) is 9.13 Å². The van der Waals surface area contributed by atoms with E-state index in [1.165, 1.54) is 18.9 Å². The Morgan fingerprint density at radius 2 is 1.71 bits per heavy atom. The van der Waals surface area contributed by atoms with Crippen molar-refractivity contribution in [1.29, 1.82) is 0 Å². The third-order valence-corrected chi connectivity index (χ3v) is 4.80. The lowest BCUT2D eigenvalue weighted by molar-refractivity contribution is 0.0549. The number of hydrogen-bond donors (Lipinski definition) is 1. The first-order valence-electron chi connectivity index (χ1n) is 8.23. The smallest absolute Gasteiger partial charge is 0.357 e. The number of hydrogen-bond acceptors (Lipinski definition) is 6. The standard InChI is InChI=1S/C20H17IN2O5/c1-11-9-12(21)10-14(18(11)24)16-15(19(25)27-2)17(20(26)28-3)23(22-16)13-7-5-4-6-8-13/h4-10,24H,1-3H3. The molecule has 0 aliphatic carbocycles. The van der Waals surface area contributed by atoms with Gasteiger partial charge >= 0.3 is 11.9 Å². The number of aromatic nitrogens is 2. The second-order valence-electron chi connectivity index (χ2n) is 5.92. The predicted molar refractivity (Wildman–Crippen MR) is 111 cm³/mol. The van der Waals surface area contributed by atoms with Crippen molar-refractivity contribution in [1.82, 2.24) is 9.78 Å². The van der Waals surface area contributed by atoms with E-state index in [9.17, 15) is 14.7 Å². The zero-order valence-electron chi connectivity index (χ0n) is 15.4. The lowest BCUT2D eigenvalue weighted by Crippen LogP contribution is -2.15. The third-order valence-electron chi connectivity index (χ3n) is 4.17. The summed E-state index contributed by atoms with van der Waals surface area (Å²) in [6.07, 6.45) is 0. The zero-order chi connectivity index (χ0) is 20.4. The number of nitrogens with zero attached hydrogens (tertiary/aromatic N) is 2. The molecule has 0 saturated carbocycles. The molecule has 0 amide bonds. The van der Waals surface area contributed by atoms with Crippen LogP contribution in [0.1, 0.15) is 26.4 Å². The number of rotatable bonds is 4. The average Bonchev–Trinajstić information content (AvgIpc) is 3.10. The lowest BCUT2D eigenvalue weighted by Gasteiger charge is -2.08. The minimum atomic E-state index is -0.756. The van der Waals surface area contributed by atoms with Gasteiger partial charge in [-0.05, 0) is 59.3 Å². The molecule has 1 aromatic heterocycles. The number of aromatic hydroxyl groups is 1. The third kappa shape index (κ3) is 3.47. The normalized spacial score (nSPS) is 10.6. The molecular weight excluding hydrogens is 475 g/mol. The van der Waals surface area contributed by atoms with E-state index < -0.39 is 11.9 Å². The van der Waals surface area contributed by atoms with Crippen molar-refractivity contribution < 1.29 is 24.2 Å². The van der Waals surface area contributed by atoms with Gasteiger partial charge in [-0.2, -0.15) is 5.10 Å². The SMILES string of the molecule is COC(=O)c1c(-c2cc(I)cc(C)c2O)nn(-c2ccccc2)c1C(=O)OC. The summed E-state index contributed by atoms with van der Waals surface area (Å²) in [5, 5.41) is 15.1. The van der Waals surface area contributed by atoms with Crippen LogP contribution in [-0.4, -0.2) is 41.0 Å². The number of carbonyl (C=O) groups is 2. The van der Waals surface area contributed by atoms with Crippen molar-refractivity contribution >= 4 is 34.5 Å². The van der Waals surface area contributed by atoms with E-state index in [-0.39, 0.29) is 22.7 Å². The average molecular weight is 492 g/mol. The number of carbonyl (C=O) groups excluding carboxylic acids is 2. The fraction of sp³-hybridized carbons (Fsp3) is 0.150. The Hall–Kier alpha value is -2.88. The van der Waals surface area contributed by atoms with Crippen molar-refractivity contribution in [3.05, 3.63) is 62.9 Å². The molecular formula is C20H17IN2O5. The van der Waals surface area contributed by atoms with Gasteiger partial charge in [-0.3, -0.25) is 0 Å². The summed E-state index contributed by atoms with van der Waals surface area (Å²) in [5.74, 6) is -1.53. The Bertz CT molecular complexity index is 1060. The maximum Gasteiger partial charge on any atom is 0.357 e. The highest BCUT2D eigenvalue weighted by Crippen LogP contribution is 2.37. The van der Waals surface area contributed by atoms with E-state index >= 15 is 0 Å². The number of phenols is 1. The molecule has 2 aromatic carbocycles. The molecule has 3 aromatic rings. The molecule has 0 spiro atoms. The number of phenolic OH excluding ortho intramolecular Hbond substituents is 1. The summed E-state index contributed by atoms with van der Waals surface area (Å²) < 4.78 is 12.0. The number of esters is 2. The van der Waals surface area contributed by atoms with Crippen LogP contribution in [0.3, 0.4) is 0 Å². The number of benzene rings is 2. The predicted octanol–water partition coefficient (Wildman–Crippen LogP) is 3.73. The first-order valence-corrected chi connectivity index (χ1v) is 9.31. The first kappa shape index (κ1) is 19.9. The Kier molecular flexibility index (Phi) is 5.68. The summed E-state index contributed by atoms with van der Waals surface area (Å²) in [4.78, 5) is 25.2. The van der Waals surface area contributed by atoms with E-state index in [0.717, 1.165) is 3.57 Å². The van der Waals surface area contributed by atoms with Crippen LogP contribution < -0.4 is 0 Å². The van der Waals surface area contributed by atoms with Gasteiger partial charge in [-0.25, -0.2) is 14.3 Å². The highest BCUT2D eigenvalue weighted by atomic mass is 127. The van der Waals surface area contributed by atoms with Crippen LogP contribution in [0.5, 0.6) is 5.75 Å². The van der Waals surface area contributed by atoms with Crippen molar-refractivity contribution in [2.45, 2.75) is 6.92 Å². The Morgan fingerprint density at radius 3 is 2.32 bits per heavy atom. The van der Waals surface area contributed by atoms with E-state index in [1.54, 1.807) is 43.3 Å². The van der Waals surface area contributed by atoms with Crippen molar-refractivity contribution in [3.63, 3.8) is 0 Å². The van der Waals surface area contributed by atoms with Crippen LogP contribution in [0.4, 0.5) is 0 Å². The zero-order valence-corrected chi connectivity index (χ0v) is 17.6. The number of methoxy groups -OCH3 is 2. The molecule has 28 heavy (non-hydrogen) atoms. The van der Waals surface area contributed by atoms with Crippen molar-refractivity contribution in [3.8, 4) is 22.7 Å². The van der Waals surface area contributed by atoms with E-state index in [4.69, 9.17) is 9.47 Å². The molecule has 0 saturated heterocycles. The largest absolute Gasteiger partial charge is 0.507 e. The molecule has 0 bridgehead atoms. The number of halogens is 1. The molecule has 8 heteroatoms. The molecule has 0 aliphatic rings. The van der Waals surface area contributed by atoms with Gasteiger partial charge in [0.1, 0.15) is 17.0 Å². The molecule has 0 radical (unpaired) electrons. The molecule has 1 N–H and O–H groups in total. The summed E-state index contributed by atoms with van der Waals surface area (Å²) >= 11 is 2.11. The topological polar surface area (TPSA) is 90.6 Å². The lowest BCUT2D eigenvalue weighted by atomic mass is 10.0. The Morgan fingerprint density at radius 1 is 1.07 bits per heavy atom. The van der Waals surface area contributed by atoms with Gasteiger partial charge < -0.3 is 14.6 Å². The van der Waals surface area contributed by atoms with E-state index in [2.05, 4.69) is 27.7 Å². The molecule has 0 aliphatic heterocycles. The molecule has 1 heterocycles. The summed E-state index contributed by atoms with van der Waals surface area (Å²) in [6, 6.07) is 12.3. The summed E-state index contributed by atoms with van der Waals surface area (Å²) in [5.41, 5.74) is 1.48. The van der Waals surface area contributed by atoms with Crippen LogP contribution in [0.2, 0.25) is 0 Å². The maximum atomic E-state index is 12.6. The minimum absolute atomic E-state index is 0.0281. The van der Waals surface area contributed by atoms with Crippen LogP contribution in [0.15, 0.2) is 42.5 Å². The van der Waals surface area contributed by atoms with Crippen molar-refractivity contribution in [2.24, 2.45) is 0 Å². The van der Waals surface area contributed by atoms with Crippen LogP contribution >= 0.6 is 22.6 Å². The quantitative estimate of drug-likeness (QED) is 0.441. The number of aryl methyl sites for hydroxylation is 1. The molecule has 3 rings (SSSR count). The fourth-order valence-electron chi connectivity index (χ4n) is 2.86. The molecule has 7 nitrogen and oxygen atoms in total. The van der Waals surface area contributed by atoms with Crippen LogP contribution in [-0.2, 0) is 9.47 Å². The van der Waals surface area contributed by atoms with E-state index in [0.29, 0.717) is 16.8 Å². The Labute approximate surface area is 175 Å². The Balaban J connectivity index is 2.43. The summed E-state index contributed by atoms with van der Waals surface area (Å²) in [6.45, 7) is 1.74. The summed E-state index contributed by atoms with van der Waals surface area (Å²) in [7, 11) is 2.44. The molecule has 0 unspecified atom stereocenters. The minimum Gasteiger partial charge on any atom is -0.507 e. The molecule has 0 fully saturated rings. The monoisotopic (exact) mass is 492 g/mol. The molecule has 144 valence electrons. The van der Waals surface area contributed by atoms with Gasteiger partial charge in [0.25, 0.3) is 0 Å². The fourth-order valence-corrected chi connectivity index (χ4v) is 3.64. The maximum absolute atomic E-state index is 12.6. The second kappa shape index (κ2) is 8.01. The highest BCUT2D eigenvalue weighted by Gasteiger charge is 2.32. The van der Waals surface area contributed by atoms with Crippen molar-refractivity contribution in [2.75, 3.05) is 14.2 Å². The van der Waals surface area contributed by atoms with E-state index in [1.807, 2.05) is 6.07 Å². The van der Waals surface area contributed by atoms with Gasteiger partial charge in [0.2, 0.25) is 0 Å². The van der Waals surface area contributed by atoms with Crippen LogP contribution in [0, 0.1) is 10.5 Å². The van der Waals surface area contributed by atoms with Gasteiger partial charge in [0.05, 0.1) is 19.9 Å². The molecule has 0 atom stereocenters. The van der Waals surface area contributed by atoms with Gasteiger partial charge in [0.15, 0.2) is 5.69 Å². The van der Waals surface area contributed by atoms with Crippen LogP contribution in [0.25, 0.3) is 16.9 Å². The number of para-hydroxylation sites is 1.